The fourth-order valence-corrected chi connectivity index (χ4v) is 2.02. The summed E-state index contributed by atoms with van der Waals surface area (Å²) in [5, 5.41) is 2.91. The van der Waals surface area contributed by atoms with Crippen LogP contribution in [0.1, 0.15) is 32.1 Å². The topological polar surface area (TPSA) is 58.4 Å². The highest BCUT2D eigenvalue weighted by Crippen LogP contribution is 2.17. The zero-order chi connectivity index (χ0) is 11.1. The van der Waals surface area contributed by atoms with Crippen molar-refractivity contribution < 1.29 is 4.79 Å². The number of nitrogens with one attached hydrogen (secondary N) is 1. The van der Waals surface area contributed by atoms with Gasteiger partial charge in [0.1, 0.15) is 0 Å². The molecule has 0 aromatic carbocycles. The van der Waals surface area contributed by atoms with Crippen molar-refractivity contribution in [2.75, 3.05) is 26.7 Å². The van der Waals surface area contributed by atoms with Gasteiger partial charge in [0.15, 0.2) is 0 Å². The maximum Gasteiger partial charge on any atom is 0.221 e. The molecule has 15 heavy (non-hydrogen) atoms. The summed E-state index contributed by atoms with van der Waals surface area (Å²) in [6, 6.07) is 0.441. The van der Waals surface area contributed by atoms with Crippen LogP contribution in [-0.4, -0.2) is 43.5 Å². The van der Waals surface area contributed by atoms with E-state index in [0.29, 0.717) is 25.6 Å². The first kappa shape index (κ1) is 12.5. The average Bonchev–Trinajstić information content (AvgIpc) is 2.22. The second-order valence-corrected chi connectivity index (χ2v) is 4.33. The van der Waals surface area contributed by atoms with Crippen LogP contribution in [0.15, 0.2) is 0 Å². The van der Waals surface area contributed by atoms with E-state index in [0.717, 1.165) is 19.4 Å². The van der Waals surface area contributed by atoms with Gasteiger partial charge in [0.2, 0.25) is 5.91 Å². The van der Waals surface area contributed by atoms with Crippen LogP contribution >= 0.6 is 0 Å². The number of nitrogens with zero attached hydrogens (tertiary/aromatic N) is 1. The Kier molecular flexibility index (Phi) is 5.65. The lowest BCUT2D eigenvalue weighted by Gasteiger charge is -2.31. The summed E-state index contributed by atoms with van der Waals surface area (Å²) in [4.78, 5) is 13.9. The lowest BCUT2D eigenvalue weighted by Crippen LogP contribution is -2.40. The van der Waals surface area contributed by atoms with E-state index >= 15 is 0 Å². The van der Waals surface area contributed by atoms with E-state index in [1.54, 1.807) is 0 Å². The minimum atomic E-state index is 0.169. The molecular weight excluding hydrogens is 190 g/mol. The first-order valence-electron chi connectivity index (χ1n) is 5.91. The highest BCUT2D eigenvalue weighted by molar-refractivity contribution is 5.76. The molecule has 1 heterocycles. The van der Waals surface area contributed by atoms with Crippen LogP contribution in [0, 0.1) is 0 Å². The molecule has 1 unspecified atom stereocenters. The minimum Gasteiger partial charge on any atom is -0.356 e. The maximum atomic E-state index is 11.6. The monoisotopic (exact) mass is 213 g/mol. The van der Waals surface area contributed by atoms with Gasteiger partial charge in [-0.2, -0.15) is 0 Å². The first-order valence-corrected chi connectivity index (χ1v) is 5.91. The van der Waals surface area contributed by atoms with Gasteiger partial charge in [-0.25, -0.2) is 0 Å². The lowest BCUT2D eigenvalue weighted by molar-refractivity contribution is -0.122. The van der Waals surface area contributed by atoms with Crippen LogP contribution in [0.4, 0.5) is 0 Å². The molecular formula is C11H23N3O. The molecule has 1 rings (SSSR count). The van der Waals surface area contributed by atoms with Gasteiger partial charge in [0.05, 0.1) is 0 Å². The molecule has 3 N–H and O–H groups in total. The molecule has 88 valence electrons. The summed E-state index contributed by atoms with van der Waals surface area (Å²) in [5.74, 6) is 0.169. The smallest absolute Gasteiger partial charge is 0.221 e. The Hall–Kier alpha value is -0.610. The largest absolute Gasteiger partial charge is 0.356 e. The van der Waals surface area contributed by atoms with E-state index in [1.807, 2.05) is 0 Å². The molecule has 4 nitrogen and oxygen atoms in total. The highest BCUT2D eigenvalue weighted by Gasteiger charge is 2.21. The molecule has 0 bridgehead atoms. The third-order valence-corrected chi connectivity index (χ3v) is 3.05. The average molecular weight is 213 g/mol. The summed E-state index contributed by atoms with van der Waals surface area (Å²) < 4.78 is 0. The van der Waals surface area contributed by atoms with Crippen molar-refractivity contribution in [3.8, 4) is 0 Å². The van der Waals surface area contributed by atoms with Crippen LogP contribution in [0.5, 0.6) is 0 Å². The molecule has 0 radical (unpaired) electrons. The fourth-order valence-electron chi connectivity index (χ4n) is 2.02. The van der Waals surface area contributed by atoms with Crippen molar-refractivity contribution in [3.05, 3.63) is 0 Å². The number of carbonyl (C=O) groups excluding carboxylic acids is 1. The molecule has 1 saturated heterocycles. The molecule has 1 atom stereocenters. The number of amides is 1. The number of rotatable bonds is 5. The SMILES string of the molecule is CN1CCCCC1CC(=O)NCCCN. The Morgan fingerprint density at radius 2 is 2.33 bits per heavy atom. The standard InChI is InChI=1S/C11H23N3O/c1-14-8-3-2-5-10(14)9-11(15)13-7-4-6-12/h10H,2-9,12H2,1H3,(H,13,15). The second kappa shape index (κ2) is 6.80. The van der Waals surface area contributed by atoms with Crippen LogP contribution < -0.4 is 11.1 Å². The molecule has 0 spiro atoms. The third kappa shape index (κ3) is 4.62. The quantitative estimate of drug-likeness (QED) is 0.647. The van der Waals surface area contributed by atoms with E-state index in [1.165, 1.54) is 12.8 Å². The Labute approximate surface area is 92.2 Å². The van der Waals surface area contributed by atoms with Gasteiger partial charge >= 0.3 is 0 Å². The number of carbonyl (C=O) groups is 1. The third-order valence-electron chi connectivity index (χ3n) is 3.05. The molecule has 1 aliphatic rings. The molecule has 0 aromatic heterocycles. The molecule has 0 aromatic rings. The fraction of sp³-hybridized carbons (Fsp3) is 0.909. The van der Waals surface area contributed by atoms with Gasteiger partial charge in [-0.05, 0) is 39.4 Å². The molecule has 1 amide bonds. The van der Waals surface area contributed by atoms with E-state index in [9.17, 15) is 4.79 Å². The number of piperidine rings is 1. The van der Waals surface area contributed by atoms with Gasteiger partial charge in [-0.15, -0.1) is 0 Å². The van der Waals surface area contributed by atoms with Crippen molar-refractivity contribution in [3.63, 3.8) is 0 Å². The van der Waals surface area contributed by atoms with Gasteiger partial charge < -0.3 is 16.0 Å². The van der Waals surface area contributed by atoms with Crippen molar-refractivity contribution in [2.45, 2.75) is 38.1 Å². The molecule has 1 aliphatic heterocycles. The zero-order valence-corrected chi connectivity index (χ0v) is 9.67. The van der Waals surface area contributed by atoms with Crippen LogP contribution in [0.3, 0.4) is 0 Å². The number of hydrogen-bond donors (Lipinski definition) is 2. The Morgan fingerprint density at radius 3 is 3.00 bits per heavy atom. The van der Waals surface area contributed by atoms with Gasteiger partial charge in [-0.1, -0.05) is 6.42 Å². The summed E-state index contributed by atoms with van der Waals surface area (Å²) in [7, 11) is 2.11. The van der Waals surface area contributed by atoms with E-state index in [-0.39, 0.29) is 5.91 Å². The highest BCUT2D eigenvalue weighted by atomic mass is 16.1. The molecule has 0 aliphatic carbocycles. The van der Waals surface area contributed by atoms with Crippen LogP contribution in [-0.2, 0) is 4.79 Å². The minimum absolute atomic E-state index is 0.169. The second-order valence-electron chi connectivity index (χ2n) is 4.33. The van der Waals surface area contributed by atoms with E-state index in [4.69, 9.17) is 5.73 Å². The summed E-state index contributed by atoms with van der Waals surface area (Å²) >= 11 is 0. The first-order chi connectivity index (χ1) is 7.24. The van der Waals surface area contributed by atoms with Gasteiger partial charge in [0.25, 0.3) is 0 Å². The molecule has 0 saturated carbocycles. The van der Waals surface area contributed by atoms with Crippen molar-refractivity contribution in [1.29, 1.82) is 0 Å². The van der Waals surface area contributed by atoms with Crippen molar-refractivity contribution in [1.82, 2.24) is 10.2 Å². The Balaban J connectivity index is 2.18. The molecule has 1 fully saturated rings. The predicted octanol–water partition coefficient (Wildman–Crippen LogP) is 0.326. The molecule has 4 heteroatoms. The number of likely N-dealkylation sites (tertiary alicyclic amines) is 1. The summed E-state index contributed by atoms with van der Waals surface area (Å²) in [6.07, 6.45) is 5.18. The van der Waals surface area contributed by atoms with Gasteiger partial charge in [-0.3, -0.25) is 4.79 Å². The van der Waals surface area contributed by atoms with E-state index in [2.05, 4.69) is 17.3 Å². The van der Waals surface area contributed by atoms with E-state index < -0.39 is 0 Å². The lowest BCUT2D eigenvalue weighted by atomic mass is 10.00. The number of hydrogen-bond acceptors (Lipinski definition) is 3. The summed E-state index contributed by atoms with van der Waals surface area (Å²) in [6.45, 7) is 2.48. The van der Waals surface area contributed by atoms with Crippen molar-refractivity contribution in [2.24, 2.45) is 5.73 Å². The van der Waals surface area contributed by atoms with Gasteiger partial charge in [0, 0.05) is 19.0 Å². The maximum absolute atomic E-state index is 11.6. The Morgan fingerprint density at radius 1 is 1.53 bits per heavy atom. The zero-order valence-electron chi connectivity index (χ0n) is 9.67. The van der Waals surface area contributed by atoms with Crippen LogP contribution in [0.2, 0.25) is 0 Å². The predicted molar refractivity (Wildman–Crippen MR) is 61.6 cm³/mol. The number of nitrogens with two attached hydrogens (primary N) is 1. The summed E-state index contributed by atoms with van der Waals surface area (Å²) in [5.41, 5.74) is 5.36. The Bertz CT molecular complexity index is 196. The van der Waals surface area contributed by atoms with Crippen molar-refractivity contribution >= 4 is 5.91 Å². The van der Waals surface area contributed by atoms with Crippen LogP contribution in [0.25, 0.3) is 0 Å². The normalized spacial score (nSPS) is 22.7.